The number of aromatic nitrogens is 4. The van der Waals surface area contributed by atoms with E-state index in [1.807, 2.05) is 4.68 Å². The molecule has 0 aromatic carbocycles. The number of amides is 1. The van der Waals surface area contributed by atoms with Crippen LogP contribution in [-0.4, -0.2) is 45.2 Å². The summed E-state index contributed by atoms with van der Waals surface area (Å²) >= 11 is 0. The average Bonchev–Trinajstić information content (AvgIpc) is 3.06. The van der Waals surface area contributed by atoms with Crippen LogP contribution in [0.2, 0.25) is 0 Å². The normalized spacial score (nSPS) is 25.7. The van der Waals surface area contributed by atoms with Gasteiger partial charge in [-0.3, -0.25) is 4.79 Å². The number of rotatable bonds is 4. The lowest BCUT2D eigenvalue weighted by Gasteiger charge is -2.31. The molecular formula is C18H33N6O+. The molecule has 1 aromatic rings. The summed E-state index contributed by atoms with van der Waals surface area (Å²) in [6.45, 7) is 9.34. The summed E-state index contributed by atoms with van der Waals surface area (Å²) in [5, 5.41) is 15.5. The Morgan fingerprint density at radius 3 is 2.48 bits per heavy atom. The van der Waals surface area contributed by atoms with E-state index >= 15 is 0 Å². The van der Waals surface area contributed by atoms with Gasteiger partial charge in [-0.1, -0.05) is 19.3 Å². The number of carbonyl (C=O) groups excluding carboxylic acids is 1. The minimum Gasteiger partial charge on any atom is -0.353 e. The molecule has 1 aliphatic carbocycles. The maximum absolute atomic E-state index is 12.4. The highest BCUT2D eigenvalue weighted by Crippen LogP contribution is 2.24. The lowest BCUT2D eigenvalue weighted by Crippen LogP contribution is -3.12. The fraction of sp³-hybridized carbons (Fsp3) is 0.889. The summed E-state index contributed by atoms with van der Waals surface area (Å²) in [5.41, 5.74) is -0.0927. The minimum atomic E-state index is -0.0927. The fourth-order valence-corrected chi connectivity index (χ4v) is 4.09. The van der Waals surface area contributed by atoms with E-state index in [9.17, 15) is 4.79 Å². The van der Waals surface area contributed by atoms with E-state index in [1.54, 1.807) is 0 Å². The van der Waals surface area contributed by atoms with Crippen molar-refractivity contribution in [1.29, 1.82) is 0 Å². The van der Waals surface area contributed by atoms with Gasteiger partial charge in [0, 0.05) is 24.8 Å². The van der Waals surface area contributed by atoms with Gasteiger partial charge in [-0.25, -0.2) is 4.68 Å². The second kappa shape index (κ2) is 7.81. The molecule has 25 heavy (non-hydrogen) atoms. The standard InChI is InChI=1S/C18H32N6O/c1-18(2,3)24-16(20-21-22-24)13-23-11-9-15(10-12-23)19-17(25)14-7-5-4-6-8-14/h14-15H,4-13H2,1-3H3,(H,19,25)/p+1. The van der Waals surface area contributed by atoms with E-state index < -0.39 is 0 Å². The number of hydrogen-bond acceptors (Lipinski definition) is 4. The van der Waals surface area contributed by atoms with Gasteiger partial charge in [-0.2, -0.15) is 0 Å². The van der Waals surface area contributed by atoms with Crippen molar-refractivity contribution in [2.24, 2.45) is 5.92 Å². The fourth-order valence-electron chi connectivity index (χ4n) is 4.09. The van der Waals surface area contributed by atoms with E-state index in [2.05, 4.69) is 41.6 Å². The molecule has 2 aliphatic rings. The minimum absolute atomic E-state index is 0.0927. The first kappa shape index (κ1) is 18.3. The Labute approximate surface area is 150 Å². The highest BCUT2D eigenvalue weighted by molar-refractivity contribution is 5.79. The van der Waals surface area contributed by atoms with Crippen molar-refractivity contribution in [3.63, 3.8) is 0 Å². The molecule has 1 aromatic heterocycles. The summed E-state index contributed by atoms with van der Waals surface area (Å²) in [6.07, 6.45) is 7.96. The van der Waals surface area contributed by atoms with Gasteiger partial charge < -0.3 is 10.2 Å². The van der Waals surface area contributed by atoms with E-state index in [-0.39, 0.29) is 11.5 Å². The Bertz CT molecular complexity index is 564. The Morgan fingerprint density at radius 1 is 1.16 bits per heavy atom. The molecule has 0 unspecified atom stereocenters. The molecule has 3 rings (SSSR count). The lowest BCUT2D eigenvalue weighted by molar-refractivity contribution is -0.919. The van der Waals surface area contributed by atoms with Gasteiger partial charge in [0.1, 0.15) is 6.54 Å². The topological polar surface area (TPSA) is 77.1 Å². The summed E-state index contributed by atoms with van der Waals surface area (Å²) in [6, 6.07) is 0.344. The van der Waals surface area contributed by atoms with Crippen LogP contribution in [-0.2, 0) is 16.9 Å². The van der Waals surface area contributed by atoms with Gasteiger partial charge in [-0.05, 0) is 44.0 Å². The number of tetrazole rings is 1. The van der Waals surface area contributed by atoms with Gasteiger partial charge in [0.15, 0.2) is 0 Å². The number of likely N-dealkylation sites (tertiary alicyclic amines) is 1. The van der Waals surface area contributed by atoms with E-state index in [0.29, 0.717) is 11.9 Å². The van der Waals surface area contributed by atoms with Crippen LogP contribution in [0.25, 0.3) is 0 Å². The molecule has 1 aliphatic heterocycles. The first-order chi connectivity index (χ1) is 11.9. The maximum atomic E-state index is 12.4. The maximum Gasteiger partial charge on any atom is 0.223 e. The quantitative estimate of drug-likeness (QED) is 0.838. The van der Waals surface area contributed by atoms with Crippen molar-refractivity contribution in [2.45, 2.75) is 83.8 Å². The van der Waals surface area contributed by atoms with E-state index in [0.717, 1.165) is 51.1 Å². The number of quaternary nitrogens is 1. The van der Waals surface area contributed by atoms with Gasteiger partial charge in [0.2, 0.25) is 11.7 Å². The SMILES string of the molecule is CC(C)(C)n1nnnc1C[NH+]1CCC(NC(=O)C2CCCCC2)CC1. The average molecular weight is 350 g/mol. The molecule has 0 atom stereocenters. The molecule has 1 amide bonds. The summed E-state index contributed by atoms with van der Waals surface area (Å²) in [5.74, 6) is 1.51. The van der Waals surface area contributed by atoms with Crippen LogP contribution >= 0.6 is 0 Å². The molecule has 0 bridgehead atoms. The molecule has 140 valence electrons. The largest absolute Gasteiger partial charge is 0.353 e. The van der Waals surface area contributed by atoms with Crippen molar-refractivity contribution >= 4 is 5.91 Å². The third-order valence-electron chi connectivity index (χ3n) is 5.59. The Morgan fingerprint density at radius 2 is 1.84 bits per heavy atom. The third-order valence-corrected chi connectivity index (χ3v) is 5.59. The number of hydrogen-bond donors (Lipinski definition) is 2. The second-order valence-electron chi connectivity index (χ2n) is 8.72. The zero-order valence-corrected chi connectivity index (χ0v) is 15.9. The van der Waals surface area contributed by atoms with E-state index in [1.165, 1.54) is 24.2 Å². The molecule has 7 heteroatoms. The van der Waals surface area contributed by atoms with Gasteiger partial charge in [0.25, 0.3) is 0 Å². The number of nitrogens with zero attached hydrogens (tertiary/aromatic N) is 4. The van der Waals surface area contributed by atoms with Crippen LogP contribution in [0.3, 0.4) is 0 Å². The molecule has 2 fully saturated rings. The summed E-state index contributed by atoms with van der Waals surface area (Å²) in [7, 11) is 0. The number of carbonyl (C=O) groups is 1. The number of nitrogens with one attached hydrogen (secondary N) is 2. The van der Waals surface area contributed by atoms with E-state index in [4.69, 9.17) is 0 Å². The zero-order valence-electron chi connectivity index (χ0n) is 15.9. The predicted octanol–water partition coefficient (Wildman–Crippen LogP) is 0.672. The van der Waals surface area contributed by atoms with Crippen molar-refractivity contribution in [2.75, 3.05) is 13.1 Å². The third kappa shape index (κ3) is 4.77. The Hall–Kier alpha value is -1.50. The highest BCUT2D eigenvalue weighted by atomic mass is 16.1. The predicted molar refractivity (Wildman–Crippen MR) is 95.0 cm³/mol. The van der Waals surface area contributed by atoms with Crippen molar-refractivity contribution in [3.8, 4) is 0 Å². The molecule has 1 saturated carbocycles. The van der Waals surface area contributed by atoms with Gasteiger partial charge in [-0.15, -0.1) is 5.10 Å². The Kier molecular flexibility index (Phi) is 5.71. The first-order valence-corrected chi connectivity index (χ1v) is 9.85. The van der Waals surface area contributed by atoms with Gasteiger partial charge in [0.05, 0.1) is 18.6 Å². The van der Waals surface area contributed by atoms with Crippen molar-refractivity contribution in [1.82, 2.24) is 25.5 Å². The van der Waals surface area contributed by atoms with Crippen LogP contribution in [0.1, 0.15) is 71.5 Å². The van der Waals surface area contributed by atoms with Crippen LogP contribution in [0.4, 0.5) is 0 Å². The monoisotopic (exact) mass is 349 g/mol. The van der Waals surface area contributed by atoms with Crippen LogP contribution in [0.15, 0.2) is 0 Å². The van der Waals surface area contributed by atoms with Crippen LogP contribution in [0.5, 0.6) is 0 Å². The van der Waals surface area contributed by atoms with Gasteiger partial charge >= 0.3 is 0 Å². The summed E-state index contributed by atoms with van der Waals surface area (Å²) < 4.78 is 1.93. The molecule has 0 radical (unpaired) electrons. The molecule has 2 N–H and O–H groups in total. The molecule has 7 nitrogen and oxygen atoms in total. The zero-order chi connectivity index (χ0) is 17.9. The smallest absolute Gasteiger partial charge is 0.223 e. The van der Waals surface area contributed by atoms with Crippen LogP contribution in [0, 0.1) is 5.92 Å². The first-order valence-electron chi connectivity index (χ1n) is 9.85. The second-order valence-corrected chi connectivity index (χ2v) is 8.72. The molecule has 1 saturated heterocycles. The summed E-state index contributed by atoms with van der Waals surface area (Å²) in [4.78, 5) is 13.9. The molecule has 0 spiro atoms. The Balaban J connectivity index is 1.46. The van der Waals surface area contributed by atoms with Crippen molar-refractivity contribution in [3.05, 3.63) is 5.82 Å². The molecule has 2 heterocycles. The number of piperidine rings is 1. The lowest BCUT2D eigenvalue weighted by atomic mass is 9.88. The van der Waals surface area contributed by atoms with Crippen LogP contribution < -0.4 is 10.2 Å². The van der Waals surface area contributed by atoms with Crippen molar-refractivity contribution < 1.29 is 9.69 Å². The molecular weight excluding hydrogens is 316 g/mol. The highest BCUT2D eigenvalue weighted by Gasteiger charge is 2.29.